The molecule has 0 amide bonds. The molecule has 6 heteroatoms. The van der Waals surface area contributed by atoms with Gasteiger partial charge in [-0.2, -0.15) is 0 Å². The maximum atomic E-state index is 11.9. The molecule has 1 aromatic rings. The highest BCUT2D eigenvalue weighted by Crippen LogP contribution is 2.18. The van der Waals surface area contributed by atoms with Crippen LogP contribution < -0.4 is 5.73 Å². The van der Waals surface area contributed by atoms with E-state index in [9.17, 15) is 4.79 Å². The number of nitrogens with two attached hydrogens (primary N) is 1. The zero-order valence-corrected chi connectivity index (χ0v) is 8.64. The van der Waals surface area contributed by atoms with Gasteiger partial charge < -0.3 is 10.5 Å². The van der Waals surface area contributed by atoms with Crippen LogP contribution in [0.1, 0.15) is 12.1 Å². The number of carbonyl (C=O) groups is 1. The topological polar surface area (TPSA) is 83.0 Å². The number of hydrogen-bond acceptors (Lipinski definition) is 5. The van der Waals surface area contributed by atoms with E-state index in [-0.39, 0.29) is 12.2 Å². The molecule has 6 nitrogen and oxygen atoms in total. The van der Waals surface area contributed by atoms with Gasteiger partial charge in [0, 0.05) is 19.9 Å². The van der Waals surface area contributed by atoms with Gasteiger partial charge in [0.05, 0.1) is 18.7 Å². The number of rotatable bonds is 3. The third-order valence-corrected chi connectivity index (χ3v) is 2.60. The first-order valence-corrected chi connectivity index (χ1v) is 4.85. The Balaban J connectivity index is 2.03. The van der Waals surface area contributed by atoms with Crippen molar-refractivity contribution in [3.63, 3.8) is 0 Å². The average Bonchev–Trinajstić information content (AvgIpc) is 2.76. The van der Waals surface area contributed by atoms with Gasteiger partial charge in [-0.15, -0.1) is 5.10 Å². The summed E-state index contributed by atoms with van der Waals surface area (Å²) >= 11 is 0. The van der Waals surface area contributed by atoms with E-state index in [1.54, 1.807) is 17.9 Å². The fourth-order valence-corrected chi connectivity index (χ4v) is 1.62. The first kappa shape index (κ1) is 10.3. The molecule has 1 atom stereocenters. The minimum Gasteiger partial charge on any atom is -0.379 e. The first-order valence-electron chi connectivity index (χ1n) is 4.85. The summed E-state index contributed by atoms with van der Waals surface area (Å²) in [5.74, 6) is -0.0273. The summed E-state index contributed by atoms with van der Waals surface area (Å²) in [4.78, 5) is 11.9. The van der Waals surface area contributed by atoms with Gasteiger partial charge in [-0.1, -0.05) is 5.21 Å². The molecule has 1 aromatic heterocycles. The number of aryl methyl sites for hydroxylation is 1. The summed E-state index contributed by atoms with van der Waals surface area (Å²) in [5, 5.41) is 7.62. The summed E-state index contributed by atoms with van der Waals surface area (Å²) in [6.45, 7) is 0.870. The molecule has 0 bridgehead atoms. The highest BCUT2D eigenvalue weighted by molar-refractivity contribution is 5.90. The minimum absolute atomic E-state index is 0.0273. The van der Waals surface area contributed by atoms with Gasteiger partial charge in [0.25, 0.3) is 0 Å². The second-order valence-corrected chi connectivity index (χ2v) is 3.94. The quantitative estimate of drug-likeness (QED) is 0.695. The smallest absolute Gasteiger partial charge is 0.161 e. The van der Waals surface area contributed by atoms with E-state index < -0.39 is 5.54 Å². The van der Waals surface area contributed by atoms with Crippen molar-refractivity contribution < 1.29 is 9.53 Å². The average molecular weight is 210 g/mol. The predicted octanol–water partition coefficient (Wildman–Crippen LogP) is -0.955. The Hall–Kier alpha value is -1.27. The van der Waals surface area contributed by atoms with E-state index in [0.717, 1.165) is 0 Å². The van der Waals surface area contributed by atoms with Crippen molar-refractivity contribution in [3.8, 4) is 0 Å². The lowest BCUT2D eigenvalue weighted by Gasteiger charge is -2.18. The standard InChI is InChI=1S/C9H14N4O2/c1-13-5-7(11-12-13)4-8(14)9(10)2-3-15-6-9/h5H,2-4,6,10H2,1H3. The maximum absolute atomic E-state index is 11.9. The Morgan fingerprint density at radius 2 is 2.60 bits per heavy atom. The molecule has 0 saturated carbocycles. The Morgan fingerprint density at radius 1 is 1.80 bits per heavy atom. The molecule has 15 heavy (non-hydrogen) atoms. The molecule has 2 heterocycles. The lowest BCUT2D eigenvalue weighted by Crippen LogP contribution is -2.49. The monoisotopic (exact) mass is 210 g/mol. The number of ether oxygens (including phenoxy) is 1. The number of hydrogen-bond donors (Lipinski definition) is 1. The Labute approximate surface area is 87.4 Å². The summed E-state index contributed by atoms with van der Waals surface area (Å²) in [5.41, 5.74) is 5.76. The fraction of sp³-hybridized carbons (Fsp3) is 0.667. The van der Waals surface area contributed by atoms with Crippen LogP contribution in [0.2, 0.25) is 0 Å². The highest BCUT2D eigenvalue weighted by atomic mass is 16.5. The van der Waals surface area contributed by atoms with Gasteiger partial charge >= 0.3 is 0 Å². The largest absolute Gasteiger partial charge is 0.379 e. The summed E-state index contributed by atoms with van der Waals surface area (Å²) in [7, 11) is 1.76. The lowest BCUT2D eigenvalue weighted by molar-refractivity contribution is -0.123. The van der Waals surface area contributed by atoms with Gasteiger partial charge in [-0.25, -0.2) is 0 Å². The van der Waals surface area contributed by atoms with E-state index in [0.29, 0.717) is 25.3 Å². The van der Waals surface area contributed by atoms with Crippen LogP contribution in [0, 0.1) is 0 Å². The molecule has 1 aliphatic heterocycles. The lowest BCUT2D eigenvalue weighted by atomic mass is 9.92. The van der Waals surface area contributed by atoms with Crippen LogP contribution in [0.3, 0.4) is 0 Å². The SMILES string of the molecule is Cn1cc(CC(=O)C2(N)CCOC2)nn1. The van der Waals surface area contributed by atoms with E-state index >= 15 is 0 Å². The minimum atomic E-state index is -0.822. The predicted molar refractivity (Wildman–Crippen MR) is 52.1 cm³/mol. The van der Waals surface area contributed by atoms with Gasteiger partial charge in [0.1, 0.15) is 5.54 Å². The molecule has 0 spiro atoms. The number of ketones is 1. The normalized spacial score (nSPS) is 25.7. The molecule has 0 aromatic carbocycles. The van der Waals surface area contributed by atoms with Crippen molar-refractivity contribution in [1.82, 2.24) is 15.0 Å². The van der Waals surface area contributed by atoms with Crippen LogP contribution in [-0.4, -0.2) is 39.5 Å². The maximum Gasteiger partial charge on any atom is 0.161 e. The Morgan fingerprint density at radius 3 is 3.13 bits per heavy atom. The van der Waals surface area contributed by atoms with Crippen molar-refractivity contribution >= 4 is 5.78 Å². The van der Waals surface area contributed by atoms with Crippen LogP contribution in [0.4, 0.5) is 0 Å². The van der Waals surface area contributed by atoms with E-state index in [1.165, 1.54) is 0 Å². The number of nitrogens with zero attached hydrogens (tertiary/aromatic N) is 3. The molecule has 2 N–H and O–H groups in total. The molecule has 1 aliphatic rings. The van der Waals surface area contributed by atoms with Gasteiger partial charge in [-0.3, -0.25) is 9.48 Å². The molecule has 1 saturated heterocycles. The van der Waals surface area contributed by atoms with Crippen LogP contribution in [0.25, 0.3) is 0 Å². The van der Waals surface area contributed by atoms with Crippen molar-refractivity contribution in [2.75, 3.05) is 13.2 Å². The molecule has 0 radical (unpaired) electrons. The van der Waals surface area contributed by atoms with Crippen molar-refractivity contribution in [1.29, 1.82) is 0 Å². The third kappa shape index (κ3) is 2.05. The summed E-state index contributed by atoms with van der Waals surface area (Å²) < 4.78 is 6.70. The zero-order valence-electron chi connectivity index (χ0n) is 8.64. The second-order valence-electron chi connectivity index (χ2n) is 3.94. The summed E-state index contributed by atoms with van der Waals surface area (Å²) in [6.07, 6.45) is 2.54. The molecular weight excluding hydrogens is 196 g/mol. The van der Waals surface area contributed by atoms with Crippen LogP contribution >= 0.6 is 0 Å². The molecule has 1 fully saturated rings. The second kappa shape index (κ2) is 3.71. The Kier molecular flexibility index (Phi) is 2.54. The van der Waals surface area contributed by atoms with Gasteiger partial charge in [-0.05, 0) is 6.42 Å². The van der Waals surface area contributed by atoms with Crippen LogP contribution in [0.5, 0.6) is 0 Å². The molecular formula is C9H14N4O2. The molecule has 2 rings (SSSR count). The van der Waals surface area contributed by atoms with E-state index in [1.807, 2.05) is 0 Å². The number of aromatic nitrogens is 3. The van der Waals surface area contributed by atoms with Crippen molar-refractivity contribution in [2.45, 2.75) is 18.4 Å². The number of carbonyl (C=O) groups excluding carboxylic acids is 1. The van der Waals surface area contributed by atoms with Crippen LogP contribution in [-0.2, 0) is 23.0 Å². The van der Waals surface area contributed by atoms with Gasteiger partial charge in [0.2, 0.25) is 0 Å². The van der Waals surface area contributed by atoms with E-state index in [4.69, 9.17) is 10.5 Å². The highest BCUT2D eigenvalue weighted by Gasteiger charge is 2.37. The van der Waals surface area contributed by atoms with Gasteiger partial charge in [0.15, 0.2) is 5.78 Å². The van der Waals surface area contributed by atoms with Crippen molar-refractivity contribution in [3.05, 3.63) is 11.9 Å². The third-order valence-electron chi connectivity index (χ3n) is 2.60. The summed E-state index contributed by atoms with van der Waals surface area (Å²) in [6, 6.07) is 0. The first-order chi connectivity index (χ1) is 7.10. The molecule has 1 unspecified atom stereocenters. The van der Waals surface area contributed by atoms with E-state index in [2.05, 4.69) is 10.3 Å². The zero-order chi connectivity index (χ0) is 10.9. The van der Waals surface area contributed by atoms with Crippen molar-refractivity contribution in [2.24, 2.45) is 12.8 Å². The fourth-order valence-electron chi connectivity index (χ4n) is 1.62. The molecule has 0 aliphatic carbocycles. The van der Waals surface area contributed by atoms with Crippen LogP contribution in [0.15, 0.2) is 6.20 Å². The Bertz CT molecular complexity index is 368. The number of Topliss-reactive ketones (excluding diaryl/α,β-unsaturated/α-hetero) is 1. The molecule has 82 valence electrons.